The summed E-state index contributed by atoms with van der Waals surface area (Å²) in [5, 5.41) is 9.18. The lowest BCUT2D eigenvalue weighted by molar-refractivity contribution is 0.111. The molecule has 0 aliphatic carbocycles. The highest BCUT2D eigenvalue weighted by Crippen LogP contribution is 2.27. The molecule has 0 bridgehead atoms. The quantitative estimate of drug-likeness (QED) is 0.799. The van der Waals surface area contributed by atoms with Gasteiger partial charge < -0.3 is 15.6 Å². The van der Waals surface area contributed by atoms with Crippen molar-refractivity contribution in [3.05, 3.63) is 23.8 Å². The number of hydrogen-bond donors (Lipinski definition) is 2. The lowest BCUT2D eigenvalue weighted by Gasteiger charge is -2.35. The molecule has 4 nitrogen and oxygen atoms in total. The zero-order valence-corrected chi connectivity index (χ0v) is 11.6. The van der Waals surface area contributed by atoms with Crippen LogP contribution in [0, 0.1) is 0 Å². The van der Waals surface area contributed by atoms with Crippen molar-refractivity contribution in [2.75, 3.05) is 26.0 Å². The van der Waals surface area contributed by atoms with E-state index in [0.717, 1.165) is 36.5 Å². The van der Waals surface area contributed by atoms with Gasteiger partial charge in [0.25, 0.3) is 0 Å². The van der Waals surface area contributed by atoms with Gasteiger partial charge in [0.15, 0.2) is 0 Å². The predicted octanol–water partition coefficient (Wildman–Crippen LogP) is 2.01. The van der Waals surface area contributed by atoms with Crippen LogP contribution in [0.3, 0.4) is 0 Å². The standard InChI is InChI=1S/C15H24N2O2/c1-19-15-6-5-13(16)10-12(15)11-17-8-3-2-4-14(17)7-9-18/h5-6,10,14,18H,2-4,7-9,11,16H2,1H3. The van der Waals surface area contributed by atoms with Crippen molar-refractivity contribution in [2.24, 2.45) is 0 Å². The summed E-state index contributed by atoms with van der Waals surface area (Å²) >= 11 is 0. The molecule has 2 rings (SSSR count). The number of hydrogen-bond acceptors (Lipinski definition) is 4. The van der Waals surface area contributed by atoms with Crippen LogP contribution in [0.1, 0.15) is 31.2 Å². The van der Waals surface area contributed by atoms with E-state index in [1.54, 1.807) is 7.11 Å². The molecular formula is C15H24N2O2. The number of methoxy groups -OCH3 is 1. The van der Waals surface area contributed by atoms with Gasteiger partial charge in [-0.2, -0.15) is 0 Å². The Hall–Kier alpha value is -1.26. The summed E-state index contributed by atoms with van der Waals surface area (Å²) in [6.45, 7) is 2.19. The van der Waals surface area contributed by atoms with Crippen LogP contribution in [0.15, 0.2) is 18.2 Å². The number of aliphatic hydroxyl groups is 1. The molecule has 1 aliphatic rings. The van der Waals surface area contributed by atoms with Crippen molar-refractivity contribution >= 4 is 5.69 Å². The molecule has 0 spiro atoms. The molecule has 106 valence electrons. The molecule has 1 atom stereocenters. The molecule has 1 unspecified atom stereocenters. The van der Waals surface area contributed by atoms with Crippen LogP contribution in [-0.4, -0.2) is 36.3 Å². The third-order valence-corrected chi connectivity index (χ3v) is 3.89. The molecule has 1 fully saturated rings. The fraction of sp³-hybridized carbons (Fsp3) is 0.600. The molecule has 1 aromatic carbocycles. The summed E-state index contributed by atoms with van der Waals surface area (Å²) in [5.74, 6) is 0.891. The van der Waals surface area contributed by atoms with Crippen LogP contribution in [0.2, 0.25) is 0 Å². The van der Waals surface area contributed by atoms with Gasteiger partial charge in [-0.05, 0) is 44.0 Å². The summed E-state index contributed by atoms with van der Waals surface area (Å²) in [6, 6.07) is 6.26. The van der Waals surface area contributed by atoms with Crippen molar-refractivity contribution in [3.8, 4) is 5.75 Å². The summed E-state index contributed by atoms with van der Waals surface area (Å²) in [6.07, 6.45) is 4.51. The molecular weight excluding hydrogens is 240 g/mol. The summed E-state index contributed by atoms with van der Waals surface area (Å²) in [7, 11) is 1.69. The molecule has 1 aromatic rings. The molecule has 1 aliphatic heterocycles. The van der Waals surface area contributed by atoms with Gasteiger partial charge in [-0.15, -0.1) is 0 Å². The lowest BCUT2D eigenvalue weighted by Crippen LogP contribution is -2.39. The van der Waals surface area contributed by atoms with E-state index in [0.29, 0.717) is 6.04 Å². The lowest BCUT2D eigenvalue weighted by atomic mass is 9.98. The minimum atomic E-state index is 0.259. The second kappa shape index (κ2) is 6.78. The van der Waals surface area contributed by atoms with Gasteiger partial charge >= 0.3 is 0 Å². The third-order valence-electron chi connectivity index (χ3n) is 3.89. The second-order valence-corrected chi connectivity index (χ2v) is 5.20. The average Bonchev–Trinajstić information content (AvgIpc) is 2.42. The van der Waals surface area contributed by atoms with E-state index in [4.69, 9.17) is 10.5 Å². The first-order chi connectivity index (χ1) is 9.24. The summed E-state index contributed by atoms with van der Waals surface area (Å²) < 4.78 is 5.41. The van der Waals surface area contributed by atoms with Crippen molar-refractivity contribution in [2.45, 2.75) is 38.3 Å². The number of piperidine rings is 1. The van der Waals surface area contributed by atoms with E-state index in [1.807, 2.05) is 18.2 Å². The van der Waals surface area contributed by atoms with E-state index in [-0.39, 0.29) is 6.61 Å². The molecule has 1 heterocycles. The fourth-order valence-corrected chi connectivity index (χ4v) is 2.88. The Labute approximate surface area is 115 Å². The molecule has 3 N–H and O–H groups in total. The van der Waals surface area contributed by atoms with E-state index in [1.165, 1.54) is 19.3 Å². The zero-order valence-electron chi connectivity index (χ0n) is 11.6. The van der Waals surface area contributed by atoms with Crippen molar-refractivity contribution in [3.63, 3.8) is 0 Å². The average molecular weight is 264 g/mol. The first kappa shape index (κ1) is 14.2. The maximum atomic E-state index is 9.18. The number of anilines is 1. The first-order valence-corrected chi connectivity index (χ1v) is 7.02. The van der Waals surface area contributed by atoms with Crippen molar-refractivity contribution in [1.29, 1.82) is 0 Å². The smallest absolute Gasteiger partial charge is 0.123 e. The van der Waals surface area contributed by atoms with Crippen molar-refractivity contribution < 1.29 is 9.84 Å². The Morgan fingerprint density at radius 2 is 2.26 bits per heavy atom. The highest BCUT2D eigenvalue weighted by Gasteiger charge is 2.22. The van der Waals surface area contributed by atoms with Gasteiger partial charge in [0.2, 0.25) is 0 Å². The Morgan fingerprint density at radius 1 is 1.42 bits per heavy atom. The van der Waals surface area contributed by atoms with Crippen molar-refractivity contribution in [1.82, 2.24) is 4.90 Å². The molecule has 0 radical (unpaired) electrons. The largest absolute Gasteiger partial charge is 0.496 e. The number of ether oxygens (including phenoxy) is 1. The van der Waals surface area contributed by atoms with Gasteiger partial charge in [-0.3, -0.25) is 4.90 Å². The van der Waals surface area contributed by atoms with E-state index < -0.39 is 0 Å². The van der Waals surface area contributed by atoms with Gasteiger partial charge in [0, 0.05) is 30.4 Å². The maximum absolute atomic E-state index is 9.18. The second-order valence-electron chi connectivity index (χ2n) is 5.20. The Kier molecular flexibility index (Phi) is 5.05. The van der Waals surface area contributed by atoms with Crippen LogP contribution in [-0.2, 0) is 6.54 Å². The number of benzene rings is 1. The fourth-order valence-electron chi connectivity index (χ4n) is 2.88. The predicted molar refractivity (Wildman–Crippen MR) is 77.2 cm³/mol. The normalized spacial score (nSPS) is 20.4. The van der Waals surface area contributed by atoms with Crippen LogP contribution in [0.4, 0.5) is 5.69 Å². The Bertz CT molecular complexity index is 407. The summed E-state index contributed by atoms with van der Waals surface area (Å²) in [4.78, 5) is 2.44. The minimum absolute atomic E-state index is 0.259. The highest BCUT2D eigenvalue weighted by molar-refractivity contribution is 5.47. The van der Waals surface area contributed by atoms with E-state index in [9.17, 15) is 5.11 Å². The zero-order chi connectivity index (χ0) is 13.7. The van der Waals surface area contributed by atoms with Crippen LogP contribution in [0.25, 0.3) is 0 Å². The van der Waals surface area contributed by atoms with E-state index >= 15 is 0 Å². The number of nitrogens with zero attached hydrogens (tertiary/aromatic N) is 1. The maximum Gasteiger partial charge on any atom is 0.123 e. The van der Waals surface area contributed by atoms with Gasteiger partial charge in [0.05, 0.1) is 7.11 Å². The number of likely N-dealkylation sites (tertiary alicyclic amines) is 1. The monoisotopic (exact) mass is 264 g/mol. The number of nitrogens with two attached hydrogens (primary N) is 1. The number of aliphatic hydroxyl groups excluding tert-OH is 1. The summed E-state index contributed by atoms with van der Waals surface area (Å²) in [5.41, 5.74) is 7.77. The molecule has 0 saturated carbocycles. The highest BCUT2D eigenvalue weighted by atomic mass is 16.5. The van der Waals surface area contributed by atoms with Gasteiger partial charge in [-0.1, -0.05) is 6.42 Å². The topological polar surface area (TPSA) is 58.7 Å². The first-order valence-electron chi connectivity index (χ1n) is 7.02. The van der Waals surface area contributed by atoms with Gasteiger partial charge in [0.1, 0.15) is 5.75 Å². The minimum Gasteiger partial charge on any atom is -0.496 e. The molecule has 4 heteroatoms. The van der Waals surface area contributed by atoms with Crippen LogP contribution < -0.4 is 10.5 Å². The molecule has 1 saturated heterocycles. The third kappa shape index (κ3) is 3.61. The Balaban J connectivity index is 2.11. The van der Waals surface area contributed by atoms with Crippen LogP contribution in [0.5, 0.6) is 5.75 Å². The molecule has 19 heavy (non-hydrogen) atoms. The molecule has 0 aromatic heterocycles. The SMILES string of the molecule is COc1ccc(N)cc1CN1CCCCC1CCO. The van der Waals surface area contributed by atoms with E-state index in [2.05, 4.69) is 4.90 Å². The Morgan fingerprint density at radius 3 is 3.00 bits per heavy atom. The number of nitrogen functional groups attached to an aromatic ring is 1. The number of rotatable bonds is 5. The van der Waals surface area contributed by atoms with Crippen LogP contribution >= 0.6 is 0 Å². The van der Waals surface area contributed by atoms with Gasteiger partial charge in [-0.25, -0.2) is 0 Å². The molecule has 0 amide bonds.